The molecular formula is C14H25NO8. The third kappa shape index (κ3) is 10.6. The van der Waals surface area contributed by atoms with Gasteiger partial charge in [0.1, 0.15) is 6.61 Å². The van der Waals surface area contributed by atoms with E-state index in [2.05, 4.69) is 0 Å². The van der Waals surface area contributed by atoms with Crippen LogP contribution in [0.2, 0.25) is 0 Å². The standard InChI is InChI=1S/C14H25NO8/c1-4-10(13(18)19)21-7-9(8-22-12(17)6-15)23-11(16)5-14(2,3)20/h9-10,20H,4-8,15H2,1-3H3,(H,18,19). The van der Waals surface area contributed by atoms with Gasteiger partial charge in [0.25, 0.3) is 0 Å². The second-order valence-corrected chi connectivity index (χ2v) is 5.56. The molecule has 134 valence electrons. The molecule has 0 aliphatic heterocycles. The Hall–Kier alpha value is -1.71. The third-order valence-corrected chi connectivity index (χ3v) is 2.60. The number of aliphatic carboxylic acids is 1. The predicted molar refractivity (Wildman–Crippen MR) is 78.5 cm³/mol. The molecule has 0 aliphatic rings. The smallest absolute Gasteiger partial charge is 0.332 e. The lowest BCUT2D eigenvalue weighted by Gasteiger charge is -2.22. The Bertz CT molecular complexity index is 404. The van der Waals surface area contributed by atoms with Crippen LogP contribution in [-0.4, -0.2) is 65.7 Å². The Morgan fingerprint density at radius 2 is 1.78 bits per heavy atom. The molecule has 23 heavy (non-hydrogen) atoms. The molecule has 9 nitrogen and oxygen atoms in total. The topological polar surface area (TPSA) is 145 Å². The molecule has 9 heteroatoms. The summed E-state index contributed by atoms with van der Waals surface area (Å²) in [6.45, 7) is 3.59. The monoisotopic (exact) mass is 335 g/mol. The molecule has 0 aliphatic carbocycles. The number of carbonyl (C=O) groups excluding carboxylic acids is 2. The Balaban J connectivity index is 4.64. The van der Waals surface area contributed by atoms with Gasteiger partial charge in [-0.1, -0.05) is 6.92 Å². The third-order valence-electron chi connectivity index (χ3n) is 2.60. The van der Waals surface area contributed by atoms with E-state index >= 15 is 0 Å². The van der Waals surface area contributed by atoms with Gasteiger partial charge in [-0.3, -0.25) is 9.59 Å². The zero-order valence-corrected chi connectivity index (χ0v) is 13.6. The number of aliphatic hydroxyl groups is 1. The van der Waals surface area contributed by atoms with Crippen LogP contribution in [0.4, 0.5) is 0 Å². The number of carbonyl (C=O) groups is 3. The lowest BCUT2D eigenvalue weighted by Crippen LogP contribution is -2.36. The van der Waals surface area contributed by atoms with Crippen LogP contribution in [0.3, 0.4) is 0 Å². The molecule has 0 fully saturated rings. The molecule has 0 saturated heterocycles. The zero-order chi connectivity index (χ0) is 18.0. The molecule has 0 amide bonds. The van der Waals surface area contributed by atoms with Gasteiger partial charge in [0.2, 0.25) is 0 Å². The van der Waals surface area contributed by atoms with Crippen LogP contribution in [0.15, 0.2) is 0 Å². The summed E-state index contributed by atoms with van der Waals surface area (Å²) in [5.74, 6) is -2.56. The fraction of sp³-hybridized carbons (Fsp3) is 0.786. The quantitative estimate of drug-likeness (QED) is 0.423. The lowest BCUT2D eigenvalue weighted by molar-refractivity contribution is -0.169. The van der Waals surface area contributed by atoms with E-state index in [0.29, 0.717) is 0 Å². The summed E-state index contributed by atoms with van der Waals surface area (Å²) in [5.41, 5.74) is 3.84. The number of rotatable bonds is 11. The summed E-state index contributed by atoms with van der Waals surface area (Å²) in [7, 11) is 0. The minimum atomic E-state index is -1.26. The van der Waals surface area contributed by atoms with Crippen molar-refractivity contribution >= 4 is 17.9 Å². The minimum Gasteiger partial charge on any atom is -0.479 e. The van der Waals surface area contributed by atoms with E-state index in [1.54, 1.807) is 6.92 Å². The molecule has 0 rings (SSSR count). The number of esters is 2. The maximum atomic E-state index is 11.7. The summed E-state index contributed by atoms with van der Waals surface area (Å²) in [5, 5.41) is 18.5. The van der Waals surface area contributed by atoms with Crippen LogP contribution in [0.5, 0.6) is 0 Å². The van der Waals surface area contributed by atoms with E-state index in [9.17, 15) is 19.5 Å². The molecule has 0 heterocycles. The lowest BCUT2D eigenvalue weighted by atomic mass is 10.1. The molecular weight excluding hydrogens is 310 g/mol. The van der Waals surface area contributed by atoms with Crippen LogP contribution in [0.1, 0.15) is 33.6 Å². The highest BCUT2D eigenvalue weighted by molar-refractivity contribution is 5.72. The SMILES string of the molecule is CCC(OCC(COC(=O)CN)OC(=O)CC(C)(C)O)C(=O)O. The average molecular weight is 335 g/mol. The zero-order valence-electron chi connectivity index (χ0n) is 13.6. The summed E-state index contributed by atoms with van der Waals surface area (Å²) < 4.78 is 15.0. The molecule has 2 unspecified atom stereocenters. The van der Waals surface area contributed by atoms with E-state index in [1.807, 2.05) is 0 Å². The first-order chi connectivity index (χ1) is 10.6. The van der Waals surface area contributed by atoms with Gasteiger partial charge < -0.3 is 30.2 Å². The Morgan fingerprint density at radius 1 is 1.17 bits per heavy atom. The van der Waals surface area contributed by atoms with E-state index in [0.717, 1.165) is 0 Å². The molecule has 0 spiro atoms. The maximum absolute atomic E-state index is 11.7. The van der Waals surface area contributed by atoms with Gasteiger partial charge in [-0.2, -0.15) is 0 Å². The Labute approximate surface area is 134 Å². The first-order valence-corrected chi connectivity index (χ1v) is 7.21. The number of nitrogens with two attached hydrogens (primary N) is 1. The van der Waals surface area contributed by atoms with Crippen molar-refractivity contribution in [2.24, 2.45) is 5.73 Å². The highest BCUT2D eigenvalue weighted by atomic mass is 16.6. The molecule has 0 bridgehead atoms. The Kier molecular flexibility index (Phi) is 9.38. The number of carboxylic acid groups (broad SMARTS) is 1. The largest absolute Gasteiger partial charge is 0.479 e. The van der Waals surface area contributed by atoms with Gasteiger partial charge in [-0.05, 0) is 20.3 Å². The summed E-state index contributed by atoms with van der Waals surface area (Å²) in [4.78, 5) is 33.7. The summed E-state index contributed by atoms with van der Waals surface area (Å²) in [6.07, 6.45) is -2.10. The van der Waals surface area contributed by atoms with Crippen LogP contribution < -0.4 is 5.73 Å². The molecule has 0 aromatic carbocycles. The van der Waals surface area contributed by atoms with Crippen molar-refractivity contribution in [3.05, 3.63) is 0 Å². The second kappa shape index (κ2) is 10.1. The first-order valence-electron chi connectivity index (χ1n) is 7.21. The average Bonchev–Trinajstić information content (AvgIpc) is 2.42. The van der Waals surface area contributed by atoms with Crippen molar-refractivity contribution in [2.45, 2.75) is 51.4 Å². The summed E-state index contributed by atoms with van der Waals surface area (Å²) >= 11 is 0. The number of carboxylic acids is 1. The molecule has 0 aromatic rings. The highest BCUT2D eigenvalue weighted by Crippen LogP contribution is 2.10. The fourth-order valence-corrected chi connectivity index (χ4v) is 1.53. The molecule has 0 radical (unpaired) electrons. The first kappa shape index (κ1) is 21.3. The van der Waals surface area contributed by atoms with Crippen LogP contribution in [0.25, 0.3) is 0 Å². The van der Waals surface area contributed by atoms with Crippen molar-refractivity contribution in [1.82, 2.24) is 0 Å². The fourth-order valence-electron chi connectivity index (χ4n) is 1.53. The van der Waals surface area contributed by atoms with E-state index < -0.39 is 35.7 Å². The summed E-state index contributed by atoms with van der Waals surface area (Å²) in [6, 6.07) is 0. The normalized spacial score (nSPS) is 14.0. The molecule has 0 aromatic heterocycles. The molecule has 2 atom stereocenters. The van der Waals surface area contributed by atoms with Crippen LogP contribution in [-0.2, 0) is 28.6 Å². The van der Waals surface area contributed by atoms with Crippen molar-refractivity contribution < 1.29 is 38.8 Å². The van der Waals surface area contributed by atoms with Gasteiger partial charge in [0.05, 0.1) is 25.2 Å². The van der Waals surface area contributed by atoms with Gasteiger partial charge in [-0.15, -0.1) is 0 Å². The highest BCUT2D eigenvalue weighted by Gasteiger charge is 2.25. The van der Waals surface area contributed by atoms with Crippen LogP contribution in [0, 0.1) is 0 Å². The van der Waals surface area contributed by atoms with Gasteiger partial charge in [0.15, 0.2) is 12.2 Å². The molecule has 0 saturated carbocycles. The Morgan fingerprint density at radius 3 is 2.22 bits per heavy atom. The molecule has 4 N–H and O–H groups in total. The van der Waals surface area contributed by atoms with E-state index in [-0.39, 0.29) is 32.6 Å². The van der Waals surface area contributed by atoms with Gasteiger partial charge in [0, 0.05) is 0 Å². The van der Waals surface area contributed by atoms with Crippen molar-refractivity contribution in [1.29, 1.82) is 0 Å². The second-order valence-electron chi connectivity index (χ2n) is 5.56. The van der Waals surface area contributed by atoms with Crippen molar-refractivity contribution in [3.8, 4) is 0 Å². The predicted octanol–water partition coefficient (Wildman–Crippen LogP) is -0.559. The van der Waals surface area contributed by atoms with E-state index in [4.69, 9.17) is 25.1 Å². The minimum absolute atomic E-state index is 0.224. The van der Waals surface area contributed by atoms with Gasteiger partial charge in [-0.25, -0.2) is 4.79 Å². The van der Waals surface area contributed by atoms with Crippen LogP contribution >= 0.6 is 0 Å². The van der Waals surface area contributed by atoms with E-state index in [1.165, 1.54) is 13.8 Å². The maximum Gasteiger partial charge on any atom is 0.332 e. The number of hydrogen-bond donors (Lipinski definition) is 3. The van der Waals surface area contributed by atoms with Crippen molar-refractivity contribution in [2.75, 3.05) is 19.8 Å². The van der Waals surface area contributed by atoms with Crippen molar-refractivity contribution in [3.63, 3.8) is 0 Å². The van der Waals surface area contributed by atoms with Gasteiger partial charge >= 0.3 is 17.9 Å². The number of ether oxygens (including phenoxy) is 3. The number of hydrogen-bond acceptors (Lipinski definition) is 8.